The van der Waals surface area contributed by atoms with Crippen molar-refractivity contribution in [2.75, 3.05) is 25.0 Å². The van der Waals surface area contributed by atoms with Crippen LogP contribution in [-0.4, -0.2) is 29.5 Å². The molecule has 1 unspecified atom stereocenters. The Morgan fingerprint density at radius 3 is 2.70 bits per heavy atom. The molecule has 3 heterocycles. The molecule has 1 fully saturated rings. The molecule has 3 aromatic rings. The van der Waals surface area contributed by atoms with Crippen LogP contribution in [0.15, 0.2) is 46.2 Å². The van der Waals surface area contributed by atoms with Gasteiger partial charge in [-0.15, -0.1) is 11.3 Å². The highest BCUT2D eigenvalue weighted by molar-refractivity contribution is 7.10. The number of hydrogen-bond donors (Lipinski definition) is 1. The summed E-state index contributed by atoms with van der Waals surface area (Å²) in [5, 5.41) is 14.9. The first-order valence-electron chi connectivity index (χ1n) is 9.24. The predicted octanol–water partition coefficient (Wildman–Crippen LogP) is 4.83. The molecule has 0 saturated carbocycles. The highest BCUT2D eigenvalue weighted by Gasteiger charge is 2.25. The molecule has 0 aliphatic carbocycles. The van der Waals surface area contributed by atoms with Crippen LogP contribution in [0, 0.1) is 18.3 Å². The zero-order valence-electron chi connectivity index (χ0n) is 15.3. The van der Waals surface area contributed by atoms with E-state index < -0.39 is 0 Å². The SMILES string of the molecule is Cc1ccc(-c2nc(C#N)c(NCC(c3cccs3)N3CCCC3)o2)cc1. The number of hydrogen-bond acceptors (Lipinski definition) is 6. The van der Waals surface area contributed by atoms with Gasteiger partial charge in [0.15, 0.2) is 0 Å². The second-order valence-electron chi connectivity index (χ2n) is 6.83. The third kappa shape index (κ3) is 3.90. The minimum Gasteiger partial charge on any atom is -0.419 e. The maximum Gasteiger partial charge on any atom is 0.232 e. The minimum atomic E-state index is 0.284. The number of likely N-dealkylation sites (tertiary alicyclic amines) is 1. The maximum atomic E-state index is 9.46. The Balaban J connectivity index is 1.54. The average Bonchev–Trinajstić information content (AvgIpc) is 3.45. The van der Waals surface area contributed by atoms with Gasteiger partial charge in [-0.1, -0.05) is 23.8 Å². The van der Waals surface area contributed by atoms with Crippen molar-refractivity contribution in [3.63, 3.8) is 0 Å². The Kier molecular flexibility index (Phi) is 5.23. The first kappa shape index (κ1) is 17.8. The molecule has 5 nitrogen and oxygen atoms in total. The number of benzene rings is 1. The van der Waals surface area contributed by atoms with E-state index in [-0.39, 0.29) is 6.04 Å². The first-order valence-corrected chi connectivity index (χ1v) is 10.1. The highest BCUT2D eigenvalue weighted by atomic mass is 32.1. The van der Waals surface area contributed by atoms with Gasteiger partial charge in [-0.3, -0.25) is 4.90 Å². The van der Waals surface area contributed by atoms with E-state index in [2.05, 4.69) is 38.8 Å². The summed E-state index contributed by atoms with van der Waals surface area (Å²) in [6, 6.07) is 14.7. The van der Waals surface area contributed by atoms with E-state index in [1.807, 2.05) is 31.2 Å². The van der Waals surface area contributed by atoms with Gasteiger partial charge in [0.1, 0.15) is 6.07 Å². The van der Waals surface area contributed by atoms with Gasteiger partial charge in [0.2, 0.25) is 17.5 Å². The highest BCUT2D eigenvalue weighted by Crippen LogP contribution is 2.30. The van der Waals surface area contributed by atoms with Crippen LogP contribution in [0.2, 0.25) is 0 Å². The number of nitrogens with zero attached hydrogens (tertiary/aromatic N) is 3. The molecule has 1 N–H and O–H groups in total. The molecule has 0 radical (unpaired) electrons. The Labute approximate surface area is 163 Å². The second-order valence-corrected chi connectivity index (χ2v) is 7.81. The predicted molar refractivity (Wildman–Crippen MR) is 108 cm³/mol. The summed E-state index contributed by atoms with van der Waals surface area (Å²) in [6.45, 7) is 4.95. The van der Waals surface area contributed by atoms with E-state index in [1.165, 1.54) is 23.3 Å². The lowest BCUT2D eigenvalue weighted by Crippen LogP contribution is -2.30. The number of rotatable bonds is 6. The van der Waals surface area contributed by atoms with E-state index >= 15 is 0 Å². The molecule has 1 atom stereocenters. The quantitative estimate of drug-likeness (QED) is 0.665. The van der Waals surface area contributed by atoms with Gasteiger partial charge in [0.25, 0.3) is 0 Å². The average molecular weight is 379 g/mol. The molecule has 1 aromatic carbocycles. The Morgan fingerprint density at radius 1 is 1.26 bits per heavy atom. The number of anilines is 1. The van der Waals surface area contributed by atoms with Crippen LogP contribution in [-0.2, 0) is 0 Å². The molecule has 4 rings (SSSR count). The third-order valence-electron chi connectivity index (χ3n) is 4.94. The monoisotopic (exact) mass is 378 g/mol. The number of aryl methyl sites for hydroxylation is 1. The molecule has 2 aromatic heterocycles. The fourth-order valence-corrected chi connectivity index (χ4v) is 4.33. The van der Waals surface area contributed by atoms with Gasteiger partial charge in [-0.2, -0.15) is 10.2 Å². The summed E-state index contributed by atoms with van der Waals surface area (Å²) in [7, 11) is 0. The van der Waals surface area contributed by atoms with Crippen molar-refractivity contribution in [1.29, 1.82) is 5.26 Å². The van der Waals surface area contributed by atoms with Crippen molar-refractivity contribution < 1.29 is 4.42 Å². The van der Waals surface area contributed by atoms with Gasteiger partial charge < -0.3 is 9.73 Å². The fourth-order valence-electron chi connectivity index (χ4n) is 3.47. The molecule has 0 spiro atoms. The lowest BCUT2D eigenvalue weighted by Gasteiger charge is -2.26. The second kappa shape index (κ2) is 7.95. The van der Waals surface area contributed by atoms with E-state index in [4.69, 9.17) is 4.42 Å². The van der Waals surface area contributed by atoms with E-state index in [0.29, 0.717) is 24.0 Å². The molecular weight excluding hydrogens is 356 g/mol. The Morgan fingerprint density at radius 2 is 2.04 bits per heavy atom. The summed E-state index contributed by atoms with van der Waals surface area (Å²) in [5.41, 5.74) is 2.35. The minimum absolute atomic E-state index is 0.284. The lowest BCUT2D eigenvalue weighted by molar-refractivity contribution is 0.258. The fraction of sp³-hybridized carbons (Fsp3) is 0.333. The van der Waals surface area contributed by atoms with Crippen LogP contribution >= 0.6 is 11.3 Å². The zero-order valence-corrected chi connectivity index (χ0v) is 16.1. The van der Waals surface area contributed by atoms with Crippen LogP contribution in [0.1, 0.15) is 35.0 Å². The first-order chi connectivity index (χ1) is 13.2. The van der Waals surface area contributed by atoms with Gasteiger partial charge in [-0.05, 0) is 56.4 Å². The molecule has 138 valence electrons. The van der Waals surface area contributed by atoms with Crippen molar-refractivity contribution in [3.05, 3.63) is 57.9 Å². The van der Waals surface area contributed by atoms with Gasteiger partial charge in [0, 0.05) is 17.0 Å². The van der Waals surface area contributed by atoms with Gasteiger partial charge in [-0.25, -0.2) is 0 Å². The zero-order chi connectivity index (χ0) is 18.6. The lowest BCUT2D eigenvalue weighted by atomic mass is 10.1. The van der Waals surface area contributed by atoms with Gasteiger partial charge >= 0.3 is 0 Å². The number of oxazole rings is 1. The molecule has 0 bridgehead atoms. The standard InChI is InChI=1S/C21H22N4OS/c1-15-6-8-16(9-7-15)20-24-17(13-22)21(26-20)23-14-18(19-5-4-12-27-19)25-10-2-3-11-25/h4-9,12,18,23H,2-3,10-11,14H2,1H3. The smallest absolute Gasteiger partial charge is 0.232 e. The van der Waals surface area contributed by atoms with Crippen molar-refractivity contribution in [1.82, 2.24) is 9.88 Å². The number of nitrogens with one attached hydrogen (secondary N) is 1. The molecule has 1 aliphatic rings. The Bertz CT molecular complexity index is 918. The topological polar surface area (TPSA) is 65.1 Å². The Hall–Kier alpha value is -2.62. The van der Waals surface area contributed by atoms with Crippen LogP contribution in [0.25, 0.3) is 11.5 Å². The summed E-state index contributed by atoms with van der Waals surface area (Å²) in [6.07, 6.45) is 2.48. The molecule has 1 aliphatic heterocycles. The van der Waals surface area contributed by atoms with E-state index in [1.54, 1.807) is 11.3 Å². The van der Waals surface area contributed by atoms with Crippen LogP contribution < -0.4 is 5.32 Å². The van der Waals surface area contributed by atoms with Crippen molar-refractivity contribution >= 4 is 17.2 Å². The van der Waals surface area contributed by atoms with Crippen molar-refractivity contribution in [2.45, 2.75) is 25.8 Å². The molecule has 0 amide bonds. The normalized spacial score (nSPS) is 15.6. The maximum absolute atomic E-state index is 9.46. The largest absolute Gasteiger partial charge is 0.419 e. The summed E-state index contributed by atoms with van der Waals surface area (Å²) < 4.78 is 5.90. The number of thiophene rings is 1. The van der Waals surface area contributed by atoms with E-state index in [9.17, 15) is 5.26 Å². The molecular formula is C21H22N4OS. The molecule has 27 heavy (non-hydrogen) atoms. The van der Waals surface area contributed by atoms with E-state index in [0.717, 1.165) is 18.7 Å². The summed E-state index contributed by atoms with van der Waals surface area (Å²) in [4.78, 5) is 8.20. The third-order valence-corrected chi connectivity index (χ3v) is 5.91. The van der Waals surface area contributed by atoms with Gasteiger partial charge in [0.05, 0.1) is 6.04 Å². The number of aromatic nitrogens is 1. The number of nitriles is 1. The summed E-state index contributed by atoms with van der Waals surface area (Å²) in [5.74, 6) is 0.928. The van der Waals surface area contributed by atoms with Crippen molar-refractivity contribution in [3.8, 4) is 17.5 Å². The van der Waals surface area contributed by atoms with Crippen molar-refractivity contribution in [2.24, 2.45) is 0 Å². The molecule has 1 saturated heterocycles. The van der Waals surface area contributed by atoms with Crippen LogP contribution in [0.5, 0.6) is 0 Å². The van der Waals surface area contributed by atoms with Crippen LogP contribution in [0.3, 0.4) is 0 Å². The molecule has 6 heteroatoms. The summed E-state index contributed by atoms with van der Waals surface area (Å²) >= 11 is 1.77. The van der Waals surface area contributed by atoms with Crippen LogP contribution in [0.4, 0.5) is 5.88 Å².